The van der Waals surface area contributed by atoms with Crippen molar-refractivity contribution in [1.82, 2.24) is 19.4 Å². The maximum Gasteiger partial charge on any atom is 0.263 e. The van der Waals surface area contributed by atoms with E-state index in [2.05, 4.69) is 4.98 Å². The highest BCUT2D eigenvalue weighted by molar-refractivity contribution is 7.09. The molecule has 2 aliphatic heterocycles. The van der Waals surface area contributed by atoms with Crippen molar-refractivity contribution >= 4 is 23.2 Å². The van der Waals surface area contributed by atoms with Crippen LogP contribution in [0.25, 0.3) is 0 Å². The number of pyridine rings is 1. The minimum absolute atomic E-state index is 0.0471. The van der Waals surface area contributed by atoms with Crippen LogP contribution in [0.5, 0.6) is 0 Å². The van der Waals surface area contributed by atoms with E-state index in [4.69, 9.17) is 5.11 Å². The van der Waals surface area contributed by atoms with Gasteiger partial charge in [0.15, 0.2) is 0 Å². The molecule has 4 heterocycles. The second-order valence-electron chi connectivity index (χ2n) is 7.89. The van der Waals surface area contributed by atoms with Crippen LogP contribution < -0.4 is 5.56 Å². The third-order valence-corrected chi connectivity index (χ3v) is 6.66. The normalized spacial score (nSPS) is 20.3. The predicted molar refractivity (Wildman–Crippen MR) is 108 cm³/mol. The summed E-state index contributed by atoms with van der Waals surface area (Å²) in [6.45, 7) is 3.28. The van der Waals surface area contributed by atoms with E-state index in [0.29, 0.717) is 26.2 Å². The number of rotatable bonds is 4. The number of amides is 2. The number of hydrogen-bond acceptors (Lipinski definition) is 6. The molecule has 9 heteroatoms. The van der Waals surface area contributed by atoms with Gasteiger partial charge in [-0.15, -0.1) is 11.3 Å². The summed E-state index contributed by atoms with van der Waals surface area (Å²) in [5.74, 6) is -0.394. The van der Waals surface area contributed by atoms with Gasteiger partial charge in [0.05, 0.1) is 6.54 Å². The molecule has 2 atom stereocenters. The summed E-state index contributed by atoms with van der Waals surface area (Å²) < 4.78 is 1.70. The first-order chi connectivity index (χ1) is 13.9. The lowest BCUT2D eigenvalue weighted by Crippen LogP contribution is -2.50. The Morgan fingerprint density at radius 2 is 2.10 bits per heavy atom. The summed E-state index contributed by atoms with van der Waals surface area (Å²) in [5.41, 5.74) is 1.66. The first-order valence-electron chi connectivity index (χ1n) is 9.66. The number of carbonyl (C=O) groups is 2. The number of piperidine rings is 1. The molecule has 154 valence electrons. The van der Waals surface area contributed by atoms with Gasteiger partial charge in [0.2, 0.25) is 5.91 Å². The number of aliphatic hydroxyl groups is 1. The molecule has 8 nitrogen and oxygen atoms in total. The van der Waals surface area contributed by atoms with Crippen molar-refractivity contribution in [2.75, 3.05) is 26.7 Å². The average molecular weight is 417 g/mol. The van der Waals surface area contributed by atoms with E-state index in [1.54, 1.807) is 22.6 Å². The molecule has 0 saturated carbocycles. The number of likely N-dealkylation sites (tertiary alicyclic amines) is 1. The number of hydrogen-bond donors (Lipinski definition) is 1. The molecular formula is C20H24N4O4S. The molecule has 0 radical (unpaired) electrons. The largest absolute Gasteiger partial charge is 0.387 e. The van der Waals surface area contributed by atoms with Crippen molar-refractivity contribution in [3.63, 3.8) is 0 Å². The van der Waals surface area contributed by atoms with E-state index in [1.165, 1.54) is 16.2 Å². The van der Waals surface area contributed by atoms with Crippen LogP contribution in [0.2, 0.25) is 0 Å². The maximum absolute atomic E-state index is 13.1. The zero-order valence-corrected chi connectivity index (χ0v) is 17.3. The van der Waals surface area contributed by atoms with Gasteiger partial charge in [0, 0.05) is 49.4 Å². The van der Waals surface area contributed by atoms with Crippen molar-refractivity contribution in [2.24, 2.45) is 5.92 Å². The average Bonchev–Trinajstić information content (AvgIpc) is 3.12. The van der Waals surface area contributed by atoms with E-state index < -0.39 is 6.61 Å². The molecule has 2 bridgehead atoms. The van der Waals surface area contributed by atoms with Gasteiger partial charge in [-0.25, -0.2) is 4.98 Å². The standard InChI is InChI=1S/C20H24N4O4S/c1-12-11-29-17(21-12)9-22(2)19(27)15-3-4-16-14-5-13(7-24(16)20(15)28)6-23(8-14)18(26)10-25/h3-4,11,13-14,25H,5-10H2,1-2H3/t13-,14+/m0/s1. The fraction of sp³-hybridized carbons (Fsp3) is 0.500. The Kier molecular flexibility index (Phi) is 5.26. The Morgan fingerprint density at radius 1 is 1.31 bits per heavy atom. The van der Waals surface area contributed by atoms with Crippen LogP contribution in [-0.2, 0) is 17.9 Å². The molecule has 29 heavy (non-hydrogen) atoms. The van der Waals surface area contributed by atoms with Crippen molar-refractivity contribution in [2.45, 2.75) is 32.4 Å². The minimum atomic E-state index is -0.495. The zero-order chi connectivity index (χ0) is 20.7. The van der Waals surface area contributed by atoms with Crippen LogP contribution in [0.3, 0.4) is 0 Å². The summed E-state index contributed by atoms with van der Waals surface area (Å²) >= 11 is 1.49. The number of fused-ring (bicyclic) bond motifs is 4. The number of aliphatic hydroxyl groups excluding tert-OH is 1. The molecular weight excluding hydrogens is 392 g/mol. The molecule has 0 aromatic carbocycles. The quantitative estimate of drug-likeness (QED) is 0.796. The number of carbonyl (C=O) groups excluding carboxylic acids is 2. The summed E-state index contributed by atoms with van der Waals surface area (Å²) in [6, 6.07) is 3.44. The Bertz CT molecular complexity index is 1010. The third kappa shape index (κ3) is 3.72. The van der Waals surface area contributed by atoms with E-state index >= 15 is 0 Å². The highest BCUT2D eigenvalue weighted by atomic mass is 32.1. The first-order valence-corrected chi connectivity index (χ1v) is 10.5. The molecule has 2 aromatic rings. The number of aromatic nitrogens is 2. The number of aryl methyl sites for hydroxylation is 1. The molecule has 2 amide bonds. The van der Waals surface area contributed by atoms with Gasteiger partial charge in [-0.05, 0) is 31.4 Å². The molecule has 4 rings (SSSR count). The Labute approximate surface area is 172 Å². The van der Waals surface area contributed by atoms with Crippen molar-refractivity contribution in [1.29, 1.82) is 0 Å². The fourth-order valence-electron chi connectivity index (χ4n) is 4.37. The van der Waals surface area contributed by atoms with E-state index in [9.17, 15) is 14.4 Å². The highest BCUT2D eigenvalue weighted by Crippen LogP contribution is 2.35. The van der Waals surface area contributed by atoms with Crippen LogP contribution >= 0.6 is 11.3 Å². The van der Waals surface area contributed by atoms with Crippen LogP contribution in [0.1, 0.15) is 39.1 Å². The summed E-state index contributed by atoms with van der Waals surface area (Å²) in [7, 11) is 1.68. The topological polar surface area (TPSA) is 95.7 Å². The second-order valence-corrected chi connectivity index (χ2v) is 8.83. The van der Waals surface area contributed by atoms with Gasteiger partial charge < -0.3 is 19.5 Å². The lowest BCUT2D eigenvalue weighted by molar-refractivity contribution is -0.136. The number of thiazole rings is 1. The predicted octanol–water partition coefficient (Wildman–Crippen LogP) is 0.823. The van der Waals surface area contributed by atoms with Crippen molar-refractivity contribution in [3.05, 3.63) is 49.8 Å². The van der Waals surface area contributed by atoms with Crippen LogP contribution in [0.4, 0.5) is 0 Å². The van der Waals surface area contributed by atoms with Gasteiger partial charge in [-0.2, -0.15) is 0 Å². The Balaban J connectivity index is 1.58. The zero-order valence-electron chi connectivity index (χ0n) is 16.5. The van der Waals surface area contributed by atoms with Gasteiger partial charge >= 0.3 is 0 Å². The lowest BCUT2D eigenvalue weighted by atomic mass is 9.83. The smallest absolute Gasteiger partial charge is 0.263 e. The van der Waals surface area contributed by atoms with Crippen LogP contribution in [0.15, 0.2) is 22.3 Å². The summed E-state index contributed by atoms with van der Waals surface area (Å²) in [4.78, 5) is 45.5. The van der Waals surface area contributed by atoms with Gasteiger partial charge in [0.25, 0.3) is 11.5 Å². The molecule has 2 aromatic heterocycles. The van der Waals surface area contributed by atoms with Gasteiger partial charge in [-0.3, -0.25) is 14.4 Å². The molecule has 1 N–H and O–H groups in total. The number of nitrogens with zero attached hydrogens (tertiary/aromatic N) is 4. The van der Waals surface area contributed by atoms with E-state index in [0.717, 1.165) is 22.8 Å². The summed E-state index contributed by atoms with van der Waals surface area (Å²) in [6.07, 6.45) is 0.908. The lowest BCUT2D eigenvalue weighted by Gasteiger charge is -2.42. The van der Waals surface area contributed by atoms with Gasteiger partial charge in [0.1, 0.15) is 17.2 Å². The molecule has 0 unspecified atom stereocenters. The molecule has 2 aliphatic rings. The third-order valence-electron chi connectivity index (χ3n) is 5.71. The first kappa shape index (κ1) is 19.8. The maximum atomic E-state index is 13.1. The van der Waals surface area contributed by atoms with Gasteiger partial charge in [-0.1, -0.05) is 0 Å². The van der Waals surface area contributed by atoms with Crippen LogP contribution in [0, 0.1) is 12.8 Å². The second kappa shape index (κ2) is 7.72. The van der Waals surface area contributed by atoms with Crippen molar-refractivity contribution in [3.8, 4) is 0 Å². The fourth-order valence-corrected chi connectivity index (χ4v) is 5.19. The SMILES string of the molecule is Cc1csc(CN(C)C(=O)c2ccc3n(c2=O)C[C@H]2C[C@@H]3CN(C(=O)CO)C2)n1. The van der Waals surface area contributed by atoms with E-state index in [1.807, 2.05) is 18.4 Å². The Morgan fingerprint density at radius 3 is 2.79 bits per heavy atom. The molecule has 1 fully saturated rings. The Hall–Kier alpha value is -2.52. The van der Waals surface area contributed by atoms with Crippen LogP contribution in [-0.4, -0.2) is 63.0 Å². The molecule has 0 aliphatic carbocycles. The highest BCUT2D eigenvalue weighted by Gasteiger charge is 2.37. The van der Waals surface area contributed by atoms with Crippen molar-refractivity contribution < 1.29 is 14.7 Å². The molecule has 0 spiro atoms. The van der Waals surface area contributed by atoms with E-state index in [-0.39, 0.29) is 34.8 Å². The summed E-state index contributed by atoms with van der Waals surface area (Å²) in [5, 5.41) is 11.9. The monoisotopic (exact) mass is 416 g/mol. The molecule has 1 saturated heterocycles. The minimum Gasteiger partial charge on any atom is -0.387 e.